The molecule has 16 heavy (non-hydrogen) atoms. The van der Waals surface area contributed by atoms with E-state index in [-0.39, 0.29) is 0 Å². The molecule has 1 heterocycles. The van der Waals surface area contributed by atoms with Crippen LogP contribution in [-0.4, -0.2) is 15.2 Å². The van der Waals surface area contributed by atoms with Gasteiger partial charge in [0.05, 0.1) is 0 Å². The largest absolute Gasteiger partial charge is 0.263 e. The number of aromatic amines is 1. The molecule has 3 nitrogen and oxygen atoms in total. The fourth-order valence-corrected chi connectivity index (χ4v) is 1.93. The second-order valence-electron chi connectivity index (χ2n) is 4.10. The minimum atomic E-state index is 0.368. The van der Waals surface area contributed by atoms with Crippen LogP contribution in [0.4, 0.5) is 0 Å². The quantitative estimate of drug-likeness (QED) is 0.937. The van der Waals surface area contributed by atoms with Crippen LogP contribution in [0.1, 0.15) is 37.0 Å². The predicted octanol–water partition coefficient (Wildman–Crippen LogP) is 3.28. The van der Waals surface area contributed by atoms with Gasteiger partial charge in [0.25, 0.3) is 0 Å². The summed E-state index contributed by atoms with van der Waals surface area (Å²) in [6.07, 6.45) is 0.791. The third kappa shape index (κ3) is 2.70. The molecule has 0 amide bonds. The zero-order chi connectivity index (χ0) is 11.5. The summed E-state index contributed by atoms with van der Waals surface area (Å²) >= 11 is 3.46. The summed E-state index contributed by atoms with van der Waals surface area (Å²) in [6, 6.07) is 8.22. The van der Waals surface area contributed by atoms with Crippen molar-refractivity contribution >= 4 is 15.9 Å². The summed E-state index contributed by atoms with van der Waals surface area (Å²) in [5.74, 6) is 2.17. The van der Waals surface area contributed by atoms with E-state index in [2.05, 4.69) is 57.1 Å². The Balaban J connectivity index is 2.14. The Bertz CT molecular complexity index is 477. The number of H-pyrrole nitrogens is 1. The Morgan fingerprint density at radius 3 is 2.81 bits per heavy atom. The standard InChI is InChI=1S/C12H14BrN3/c1-8(2)12-14-11(15-16-12)7-9-4-3-5-10(13)6-9/h3-6,8H,7H2,1-2H3,(H,14,15,16). The Morgan fingerprint density at radius 2 is 2.19 bits per heavy atom. The first-order valence-corrected chi connectivity index (χ1v) is 6.10. The molecule has 0 radical (unpaired) electrons. The molecule has 2 aromatic rings. The highest BCUT2D eigenvalue weighted by molar-refractivity contribution is 9.10. The molecular formula is C12H14BrN3. The average Bonchev–Trinajstić information content (AvgIpc) is 2.66. The van der Waals surface area contributed by atoms with Crippen LogP contribution >= 0.6 is 15.9 Å². The molecule has 0 saturated heterocycles. The van der Waals surface area contributed by atoms with Gasteiger partial charge in [0, 0.05) is 16.8 Å². The number of nitrogens with one attached hydrogen (secondary N) is 1. The Labute approximate surface area is 103 Å². The van der Waals surface area contributed by atoms with Crippen LogP contribution in [0.2, 0.25) is 0 Å². The lowest BCUT2D eigenvalue weighted by Gasteiger charge is -1.98. The fourth-order valence-electron chi connectivity index (χ4n) is 1.49. The summed E-state index contributed by atoms with van der Waals surface area (Å²) in [7, 11) is 0. The summed E-state index contributed by atoms with van der Waals surface area (Å²) in [5, 5.41) is 7.17. The van der Waals surface area contributed by atoms with Crippen LogP contribution in [0, 0.1) is 0 Å². The number of halogens is 1. The van der Waals surface area contributed by atoms with Gasteiger partial charge in [-0.05, 0) is 17.7 Å². The second-order valence-corrected chi connectivity index (χ2v) is 5.02. The molecule has 0 saturated carbocycles. The van der Waals surface area contributed by atoms with E-state index >= 15 is 0 Å². The Kier molecular flexibility index (Phi) is 3.39. The van der Waals surface area contributed by atoms with Gasteiger partial charge in [-0.3, -0.25) is 5.10 Å². The lowest BCUT2D eigenvalue weighted by molar-refractivity contribution is 0.780. The van der Waals surface area contributed by atoms with Gasteiger partial charge in [-0.15, -0.1) is 0 Å². The van der Waals surface area contributed by atoms with E-state index in [1.807, 2.05) is 12.1 Å². The molecule has 0 aliphatic carbocycles. The maximum atomic E-state index is 4.45. The van der Waals surface area contributed by atoms with E-state index in [1.54, 1.807) is 0 Å². The maximum Gasteiger partial charge on any atom is 0.153 e. The number of hydrogen-bond acceptors (Lipinski definition) is 2. The zero-order valence-electron chi connectivity index (χ0n) is 9.37. The normalized spacial score (nSPS) is 11.0. The number of nitrogens with zero attached hydrogens (tertiary/aromatic N) is 2. The van der Waals surface area contributed by atoms with Crippen LogP contribution < -0.4 is 0 Å². The Morgan fingerprint density at radius 1 is 1.38 bits per heavy atom. The van der Waals surface area contributed by atoms with E-state index in [0.717, 1.165) is 22.5 Å². The summed E-state index contributed by atoms with van der Waals surface area (Å²) in [5.41, 5.74) is 1.22. The molecule has 4 heteroatoms. The van der Waals surface area contributed by atoms with Gasteiger partial charge in [0.1, 0.15) is 5.82 Å². The van der Waals surface area contributed by atoms with Crippen molar-refractivity contribution in [2.45, 2.75) is 26.2 Å². The highest BCUT2D eigenvalue weighted by Gasteiger charge is 2.07. The first-order valence-electron chi connectivity index (χ1n) is 5.31. The summed E-state index contributed by atoms with van der Waals surface area (Å²) in [6.45, 7) is 4.18. The van der Waals surface area contributed by atoms with Gasteiger partial charge in [-0.2, -0.15) is 5.10 Å². The molecule has 1 N–H and O–H groups in total. The molecule has 0 fully saturated rings. The molecule has 0 spiro atoms. The van der Waals surface area contributed by atoms with Gasteiger partial charge in [0.15, 0.2) is 5.82 Å². The van der Waals surface area contributed by atoms with Gasteiger partial charge < -0.3 is 0 Å². The molecule has 1 aromatic carbocycles. The lowest BCUT2D eigenvalue weighted by Crippen LogP contribution is -1.92. The van der Waals surface area contributed by atoms with Crippen LogP contribution in [-0.2, 0) is 6.42 Å². The molecule has 0 unspecified atom stereocenters. The van der Waals surface area contributed by atoms with Gasteiger partial charge in [-0.25, -0.2) is 4.98 Å². The smallest absolute Gasteiger partial charge is 0.153 e. The third-order valence-corrected chi connectivity index (χ3v) is 2.82. The first kappa shape index (κ1) is 11.3. The van der Waals surface area contributed by atoms with Crippen LogP contribution in [0.15, 0.2) is 28.7 Å². The number of hydrogen-bond donors (Lipinski definition) is 1. The van der Waals surface area contributed by atoms with Crippen LogP contribution in [0.25, 0.3) is 0 Å². The highest BCUT2D eigenvalue weighted by atomic mass is 79.9. The van der Waals surface area contributed by atoms with Crippen molar-refractivity contribution in [3.05, 3.63) is 46.0 Å². The fraction of sp³-hybridized carbons (Fsp3) is 0.333. The van der Waals surface area contributed by atoms with Crippen LogP contribution in [0.5, 0.6) is 0 Å². The van der Waals surface area contributed by atoms with Crippen molar-refractivity contribution in [2.24, 2.45) is 0 Å². The molecular weight excluding hydrogens is 266 g/mol. The van der Waals surface area contributed by atoms with E-state index in [1.165, 1.54) is 5.56 Å². The van der Waals surface area contributed by atoms with Crippen molar-refractivity contribution in [2.75, 3.05) is 0 Å². The number of aromatic nitrogens is 3. The molecule has 0 atom stereocenters. The van der Waals surface area contributed by atoms with Crippen molar-refractivity contribution in [1.29, 1.82) is 0 Å². The molecule has 1 aromatic heterocycles. The van der Waals surface area contributed by atoms with Crippen molar-refractivity contribution < 1.29 is 0 Å². The van der Waals surface area contributed by atoms with Crippen LogP contribution in [0.3, 0.4) is 0 Å². The van der Waals surface area contributed by atoms with E-state index in [4.69, 9.17) is 0 Å². The van der Waals surface area contributed by atoms with Gasteiger partial charge in [0.2, 0.25) is 0 Å². The number of benzene rings is 1. The van der Waals surface area contributed by atoms with Gasteiger partial charge in [-0.1, -0.05) is 41.9 Å². The minimum absolute atomic E-state index is 0.368. The topological polar surface area (TPSA) is 41.6 Å². The third-order valence-electron chi connectivity index (χ3n) is 2.33. The summed E-state index contributed by atoms with van der Waals surface area (Å²) < 4.78 is 1.09. The molecule has 2 rings (SSSR count). The van der Waals surface area contributed by atoms with Crippen molar-refractivity contribution in [3.63, 3.8) is 0 Å². The SMILES string of the molecule is CC(C)c1n[nH]c(Cc2cccc(Br)c2)n1. The highest BCUT2D eigenvalue weighted by Crippen LogP contribution is 2.15. The van der Waals surface area contributed by atoms with E-state index in [9.17, 15) is 0 Å². The van der Waals surface area contributed by atoms with E-state index < -0.39 is 0 Å². The molecule has 84 valence electrons. The molecule has 0 bridgehead atoms. The Hall–Kier alpha value is -1.16. The predicted molar refractivity (Wildman–Crippen MR) is 67.4 cm³/mol. The lowest BCUT2D eigenvalue weighted by atomic mass is 10.1. The monoisotopic (exact) mass is 279 g/mol. The molecule has 0 aliphatic heterocycles. The maximum absolute atomic E-state index is 4.45. The van der Waals surface area contributed by atoms with Crippen molar-refractivity contribution in [1.82, 2.24) is 15.2 Å². The first-order chi connectivity index (χ1) is 7.65. The number of rotatable bonds is 3. The second kappa shape index (κ2) is 4.78. The zero-order valence-corrected chi connectivity index (χ0v) is 11.0. The van der Waals surface area contributed by atoms with Crippen molar-refractivity contribution in [3.8, 4) is 0 Å². The average molecular weight is 280 g/mol. The molecule has 0 aliphatic rings. The van der Waals surface area contributed by atoms with Gasteiger partial charge >= 0.3 is 0 Å². The minimum Gasteiger partial charge on any atom is -0.263 e. The summed E-state index contributed by atoms with van der Waals surface area (Å²) in [4.78, 5) is 4.45. The van der Waals surface area contributed by atoms with E-state index in [0.29, 0.717) is 5.92 Å².